The summed E-state index contributed by atoms with van der Waals surface area (Å²) in [6.45, 7) is 6.29. The number of hydrogen-bond donors (Lipinski definition) is 2. The summed E-state index contributed by atoms with van der Waals surface area (Å²) < 4.78 is 15.5. The van der Waals surface area contributed by atoms with Crippen molar-refractivity contribution < 1.29 is 41.1 Å². The van der Waals surface area contributed by atoms with Crippen LogP contribution in [0.3, 0.4) is 0 Å². The number of rotatable bonds is 12. The van der Waals surface area contributed by atoms with Crippen LogP contribution in [0.1, 0.15) is 23.6 Å². The summed E-state index contributed by atoms with van der Waals surface area (Å²) in [7, 11) is 0. The van der Waals surface area contributed by atoms with Crippen molar-refractivity contribution in [3.05, 3.63) is 12.2 Å². The Balaban J connectivity index is 0. The van der Waals surface area contributed by atoms with E-state index in [1.54, 1.807) is 20.8 Å². The molecule has 0 fully saturated rings. The molecule has 0 bridgehead atoms. The van der Waals surface area contributed by atoms with Crippen LogP contribution >= 0.6 is 0 Å². The molecule has 1 aliphatic rings. The molecule has 0 radical (unpaired) electrons. The number of nitrogens with one attached hydrogen (secondary N) is 2. The number of carbonyl (C=O) groups is 4. The average molecular weight is 405 g/mol. The Labute approximate surface area is 166 Å². The molecular formula is C17H31N3O8. The van der Waals surface area contributed by atoms with E-state index < -0.39 is 17.6 Å². The van der Waals surface area contributed by atoms with Crippen molar-refractivity contribution in [3.8, 4) is 0 Å². The number of imide groups is 1. The summed E-state index contributed by atoms with van der Waals surface area (Å²) in [6, 6.07) is 0. The van der Waals surface area contributed by atoms with Gasteiger partial charge in [0.1, 0.15) is 5.60 Å². The van der Waals surface area contributed by atoms with E-state index in [4.69, 9.17) is 19.0 Å². The average Bonchev–Trinajstić information content (AvgIpc) is 2.90. The van der Waals surface area contributed by atoms with E-state index in [1.807, 2.05) is 5.48 Å². The molecule has 11 nitrogen and oxygen atoms in total. The number of hydrogen-bond acceptors (Lipinski definition) is 8. The Bertz CT molecular complexity index is 578. The van der Waals surface area contributed by atoms with E-state index in [0.29, 0.717) is 13.2 Å². The van der Waals surface area contributed by atoms with Gasteiger partial charge in [-0.05, 0) is 20.8 Å². The molecule has 28 heavy (non-hydrogen) atoms. The van der Waals surface area contributed by atoms with Crippen molar-refractivity contribution in [1.82, 2.24) is 15.7 Å². The highest BCUT2D eigenvalue weighted by Gasteiger charge is 2.22. The summed E-state index contributed by atoms with van der Waals surface area (Å²) >= 11 is 0. The zero-order valence-electron chi connectivity index (χ0n) is 16.3. The van der Waals surface area contributed by atoms with Gasteiger partial charge in [0, 0.05) is 21.6 Å². The Morgan fingerprint density at radius 1 is 1.04 bits per heavy atom. The SMILES string of the molecule is CC(C)(C)OC(=O)NOCC(=O)NCCOCCOCCN1C(=O)C=CC1=O.[HH].[HH]. The second-order valence-electron chi connectivity index (χ2n) is 6.63. The van der Waals surface area contributed by atoms with Crippen molar-refractivity contribution >= 4 is 23.8 Å². The van der Waals surface area contributed by atoms with Crippen LogP contribution < -0.4 is 10.8 Å². The molecule has 1 heterocycles. The standard InChI is InChI=1S/C17H27N3O8.2H2/c1-17(2,3)28-16(24)19-27-12-13(21)18-6-8-25-10-11-26-9-7-20-14(22)4-5-15(20)23;;/h4-5H,6-12H2,1-3H3,(H,18,21)(H,19,24);2*1H. The fraction of sp³-hybridized carbons (Fsp3) is 0.647. The lowest BCUT2D eigenvalue weighted by Crippen LogP contribution is -2.37. The van der Waals surface area contributed by atoms with Gasteiger partial charge in [-0.15, -0.1) is 0 Å². The maximum absolute atomic E-state index is 11.5. The molecule has 11 heteroatoms. The fourth-order valence-corrected chi connectivity index (χ4v) is 1.90. The molecule has 1 rings (SSSR count). The highest BCUT2D eigenvalue weighted by molar-refractivity contribution is 6.12. The number of nitrogens with zero attached hydrogens (tertiary/aromatic N) is 1. The summed E-state index contributed by atoms with van der Waals surface area (Å²) in [6.07, 6.45) is 1.66. The lowest BCUT2D eigenvalue weighted by Gasteiger charge is -2.19. The molecule has 0 aliphatic carbocycles. The maximum Gasteiger partial charge on any atom is 0.431 e. The Morgan fingerprint density at radius 3 is 2.25 bits per heavy atom. The lowest BCUT2D eigenvalue weighted by molar-refractivity contribution is -0.137. The normalized spacial score (nSPS) is 13.8. The molecule has 0 unspecified atom stereocenters. The predicted octanol–water partition coefficient (Wildman–Crippen LogP) is 0.00910. The van der Waals surface area contributed by atoms with E-state index in [-0.39, 0.29) is 47.6 Å². The molecule has 0 saturated carbocycles. The maximum atomic E-state index is 11.5. The number of ether oxygens (including phenoxy) is 3. The summed E-state index contributed by atoms with van der Waals surface area (Å²) in [5.74, 6) is -1.11. The molecule has 0 aromatic heterocycles. The van der Waals surface area contributed by atoms with Crippen LogP contribution in [0.2, 0.25) is 0 Å². The monoisotopic (exact) mass is 405 g/mol. The molecule has 1 aliphatic heterocycles. The Kier molecular flexibility index (Phi) is 10.1. The molecule has 2 N–H and O–H groups in total. The zero-order valence-corrected chi connectivity index (χ0v) is 16.3. The van der Waals surface area contributed by atoms with Crippen molar-refractivity contribution in [3.63, 3.8) is 0 Å². The van der Waals surface area contributed by atoms with E-state index in [2.05, 4.69) is 5.32 Å². The van der Waals surface area contributed by atoms with Crippen LogP contribution in [0.5, 0.6) is 0 Å². The van der Waals surface area contributed by atoms with Crippen molar-refractivity contribution in [1.29, 1.82) is 0 Å². The van der Waals surface area contributed by atoms with Crippen LogP contribution in [0.25, 0.3) is 0 Å². The minimum Gasteiger partial charge on any atom is -0.442 e. The molecule has 0 aromatic rings. The largest absolute Gasteiger partial charge is 0.442 e. The van der Waals surface area contributed by atoms with Gasteiger partial charge in [0.05, 0.1) is 33.0 Å². The van der Waals surface area contributed by atoms with Crippen molar-refractivity contribution in [2.45, 2.75) is 26.4 Å². The van der Waals surface area contributed by atoms with Crippen LogP contribution in [-0.4, -0.2) is 80.4 Å². The number of amides is 4. The highest BCUT2D eigenvalue weighted by atomic mass is 16.7. The Hall–Kier alpha value is -2.50. The topological polar surface area (TPSA) is 132 Å². The van der Waals surface area contributed by atoms with Gasteiger partial charge in [-0.1, -0.05) is 0 Å². The Morgan fingerprint density at radius 2 is 1.64 bits per heavy atom. The summed E-state index contributed by atoms with van der Waals surface area (Å²) in [5.41, 5.74) is 1.35. The van der Waals surface area contributed by atoms with Gasteiger partial charge >= 0.3 is 6.09 Å². The molecule has 0 atom stereocenters. The van der Waals surface area contributed by atoms with Gasteiger partial charge in [0.25, 0.3) is 11.8 Å². The molecular weight excluding hydrogens is 374 g/mol. The predicted molar refractivity (Wildman–Crippen MR) is 100 cm³/mol. The second-order valence-corrected chi connectivity index (χ2v) is 6.63. The van der Waals surface area contributed by atoms with Crippen LogP contribution in [0.4, 0.5) is 4.79 Å². The molecule has 0 spiro atoms. The highest BCUT2D eigenvalue weighted by Crippen LogP contribution is 2.06. The quantitative estimate of drug-likeness (QED) is 0.264. The second kappa shape index (κ2) is 12.1. The lowest BCUT2D eigenvalue weighted by atomic mass is 10.2. The minimum absolute atomic E-state index is 0. The van der Waals surface area contributed by atoms with E-state index in [9.17, 15) is 19.2 Å². The van der Waals surface area contributed by atoms with E-state index >= 15 is 0 Å². The molecule has 0 aromatic carbocycles. The van der Waals surface area contributed by atoms with Gasteiger partial charge in [-0.25, -0.2) is 4.79 Å². The van der Waals surface area contributed by atoms with Crippen molar-refractivity contribution in [2.75, 3.05) is 46.1 Å². The summed E-state index contributed by atoms with van der Waals surface area (Å²) in [4.78, 5) is 51.2. The van der Waals surface area contributed by atoms with Crippen LogP contribution in [-0.2, 0) is 33.4 Å². The number of carbonyl (C=O) groups excluding carboxylic acids is 4. The zero-order chi connectivity index (χ0) is 21.0. The first-order valence-corrected chi connectivity index (χ1v) is 8.75. The van der Waals surface area contributed by atoms with Crippen LogP contribution in [0, 0.1) is 0 Å². The van der Waals surface area contributed by atoms with E-state index in [0.717, 1.165) is 4.90 Å². The minimum atomic E-state index is -0.779. The first-order valence-electron chi connectivity index (χ1n) is 8.75. The summed E-state index contributed by atoms with van der Waals surface area (Å²) in [5, 5.41) is 2.54. The van der Waals surface area contributed by atoms with Gasteiger partial charge in [-0.3, -0.25) is 24.1 Å². The number of hydroxylamine groups is 1. The molecule has 4 amide bonds. The third kappa shape index (κ3) is 10.6. The smallest absolute Gasteiger partial charge is 0.431 e. The third-order valence-corrected chi connectivity index (χ3v) is 3.06. The van der Waals surface area contributed by atoms with Gasteiger partial charge in [-0.2, -0.15) is 5.48 Å². The molecule has 162 valence electrons. The molecule has 0 saturated heterocycles. The van der Waals surface area contributed by atoms with Crippen LogP contribution in [0.15, 0.2) is 12.2 Å². The first kappa shape index (κ1) is 23.5. The van der Waals surface area contributed by atoms with Gasteiger partial charge in [0.2, 0.25) is 5.91 Å². The van der Waals surface area contributed by atoms with Crippen molar-refractivity contribution in [2.24, 2.45) is 0 Å². The first-order chi connectivity index (χ1) is 13.2. The third-order valence-electron chi connectivity index (χ3n) is 3.06. The van der Waals surface area contributed by atoms with Gasteiger partial charge in [0.15, 0.2) is 6.61 Å². The van der Waals surface area contributed by atoms with E-state index in [1.165, 1.54) is 12.2 Å². The fourth-order valence-electron chi connectivity index (χ4n) is 1.90. The van der Waals surface area contributed by atoms with Gasteiger partial charge < -0.3 is 19.5 Å².